The number of aromatic hydroxyl groups is 30. The highest BCUT2D eigenvalue weighted by Crippen LogP contribution is 2.72. The number of hydrogen-bond acceptors (Lipinski definition) is 32. The molecule has 10 rings (SSSR count). The zero-order chi connectivity index (χ0) is 60.0. The molecule has 0 spiro atoms. The first-order chi connectivity index (χ1) is 37.7. The van der Waals surface area contributed by atoms with Crippen LogP contribution < -0.4 is 10.6 Å². The Labute approximate surface area is 441 Å². The Hall–Kier alpha value is -12.6. The summed E-state index contributed by atoms with van der Waals surface area (Å²) in [4.78, 5) is -0.0149. The van der Waals surface area contributed by atoms with Crippen LogP contribution in [0.15, 0.2) is 0 Å². The zero-order valence-electron chi connectivity index (χ0n) is 39.1. The van der Waals surface area contributed by atoms with Crippen molar-refractivity contribution in [1.82, 2.24) is 0 Å². The highest BCUT2D eigenvalue weighted by atomic mass is 16.4. The summed E-state index contributed by atoms with van der Waals surface area (Å²) in [5.41, 5.74) is -11.1. The highest BCUT2D eigenvalue weighted by Gasteiger charge is 2.45. The van der Waals surface area contributed by atoms with Crippen molar-refractivity contribution < 1.29 is 153 Å². The number of nitrogen functional groups attached to an aromatic ring is 1. The van der Waals surface area contributed by atoms with Gasteiger partial charge in [0, 0.05) is 39.1 Å². The van der Waals surface area contributed by atoms with Gasteiger partial charge in [-0.25, -0.2) is 0 Å². The van der Waals surface area contributed by atoms with Crippen LogP contribution in [0.25, 0.3) is 65.7 Å². The number of anilines is 4. The molecule has 0 saturated heterocycles. The predicted octanol–water partition coefficient (Wildman–Crippen LogP) is 4.27. The number of phenolic OH excluding ortho intramolecular Hbond substituents is 30. The number of hydrogen-bond donors (Lipinski definition) is 31. The Morgan fingerprint density at radius 3 is 0.864 bits per heavy atom. The summed E-state index contributed by atoms with van der Waals surface area (Å²) >= 11 is 0. The van der Waals surface area contributed by atoms with E-state index in [-0.39, 0.29) is 4.90 Å². The molecule has 1 aliphatic heterocycles. The van der Waals surface area contributed by atoms with Crippen LogP contribution in [0.1, 0.15) is 11.1 Å². The average Bonchev–Trinajstić information content (AvgIpc) is 3.43. The topological polar surface area (TPSA) is 636 Å². The van der Waals surface area contributed by atoms with Gasteiger partial charge in [-0.05, 0) is 0 Å². The van der Waals surface area contributed by atoms with E-state index in [0.29, 0.717) is 0 Å². The fraction of sp³-hybridized carbons (Fsp3) is 0.0204. The Balaban J connectivity index is 1.41. The number of phenols is 30. The molecule has 1 heterocycles. The molecule has 1 aliphatic rings. The maximum Gasteiger partial charge on any atom is 0.208 e. The van der Waals surface area contributed by atoms with Crippen LogP contribution in [0.4, 0.5) is 22.7 Å². The molecule has 81 heavy (non-hydrogen) atoms. The minimum Gasteiger partial charge on any atom is -0.507 e. The van der Waals surface area contributed by atoms with Gasteiger partial charge in [-0.15, -0.1) is 0 Å². The summed E-state index contributed by atoms with van der Waals surface area (Å²) in [6, 6.07) is 0. The summed E-state index contributed by atoms with van der Waals surface area (Å²) in [6.07, 6.45) is -1.37. The van der Waals surface area contributed by atoms with Crippen molar-refractivity contribution in [2.24, 2.45) is 0 Å². The standard InChI is InChI=1S/C49H34N2O30/c50-16-23(55)13(36(68)44(76)39(16)71)12-22(54)11(34(66)43(75)35(12)67)10-21(53)3-1-2-17(24(56)6-4-5(26(58)28(60)8(6)20(2)52)7-9(29(61)25(4)57)33(65)46(78)45(77)27(7)59)51(18(3)40(72)30(10)62)19-41(73)31(63)14(32(64)42(19)74)15-37(69)47(79)49(81)48(80)38(15)70/h52-81H,1,50H2. The summed E-state index contributed by atoms with van der Waals surface area (Å²) < 4.78 is 0. The van der Waals surface area contributed by atoms with Crippen molar-refractivity contribution in [2.45, 2.75) is 6.42 Å². The van der Waals surface area contributed by atoms with Gasteiger partial charge in [-0.1, -0.05) is 0 Å². The lowest BCUT2D eigenvalue weighted by atomic mass is 9.84. The molecule has 0 radical (unpaired) electrons. The first kappa shape index (κ1) is 51.8. The third kappa shape index (κ3) is 5.98. The Kier molecular flexibility index (Phi) is 10.4. The quantitative estimate of drug-likeness (QED) is 0.0506. The van der Waals surface area contributed by atoms with Crippen molar-refractivity contribution in [3.05, 3.63) is 11.1 Å². The minimum atomic E-state index is -1.94. The van der Waals surface area contributed by atoms with Gasteiger partial charge in [-0.2, -0.15) is 0 Å². The number of fused-ring (bicyclic) bond motifs is 7. The van der Waals surface area contributed by atoms with E-state index in [1.165, 1.54) is 0 Å². The van der Waals surface area contributed by atoms with E-state index in [0.717, 1.165) is 0 Å². The van der Waals surface area contributed by atoms with Crippen molar-refractivity contribution in [1.29, 1.82) is 0 Å². The molecule has 32 N–H and O–H groups in total. The molecular weight excluding hydrogens is 1100 g/mol. The van der Waals surface area contributed by atoms with E-state index in [9.17, 15) is 153 Å². The predicted molar refractivity (Wildman–Crippen MR) is 267 cm³/mol. The lowest BCUT2D eigenvalue weighted by molar-refractivity contribution is 0.329. The van der Waals surface area contributed by atoms with E-state index in [2.05, 4.69) is 0 Å². The SMILES string of the molecule is Nc1c(O)c(O)c(O)c(-c2c(O)c(O)c(O)c(-c3c(O)c(O)c4c(c3O)Cc3c(c(O)c5c(c3O)c(O)c(O)c3c6c(O)c(O)c(O)c(O)c6c(O)c(O)c53)N4c3c(O)c(O)c(-c4c(O)c(O)c(O)c(O)c4O)c(O)c3O)c2O)c1O. The number of nitrogens with two attached hydrogens (primary N) is 1. The molecule has 0 fully saturated rings. The molecule has 9 aromatic carbocycles. The van der Waals surface area contributed by atoms with Crippen LogP contribution in [0, 0.1) is 0 Å². The van der Waals surface area contributed by atoms with Crippen molar-refractivity contribution in [3.63, 3.8) is 0 Å². The van der Waals surface area contributed by atoms with Gasteiger partial charge in [0.05, 0.1) is 55.5 Å². The van der Waals surface area contributed by atoms with E-state index < -0.39 is 278 Å². The highest BCUT2D eigenvalue weighted by molar-refractivity contribution is 6.32. The molecule has 420 valence electrons. The molecular formula is C49H34N2O30. The van der Waals surface area contributed by atoms with E-state index >= 15 is 0 Å². The number of benzene rings is 9. The van der Waals surface area contributed by atoms with Gasteiger partial charge in [0.2, 0.25) is 40.2 Å². The van der Waals surface area contributed by atoms with Gasteiger partial charge in [0.25, 0.3) is 0 Å². The van der Waals surface area contributed by atoms with E-state index in [4.69, 9.17) is 5.73 Å². The lowest BCUT2D eigenvalue weighted by Crippen LogP contribution is -2.20. The molecule has 0 atom stereocenters. The van der Waals surface area contributed by atoms with Crippen LogP contribution in [0.2, 0.25) is 0 Å². The van der Waals surface area contributed by atoms with Crippen LogP contribution >= 0.6 is 0 Å². The van der Waals surface area contributed by atoms with E-state index in [1.54, 1.807) is 0 Å². The van der Waals surface area contributed by atoms with Gasteiger partial charge in [0.1, 0.15) is 34.4 Å². The number of nitrogens with zero attached hydrogens (tertiary/aromatic N) is 1. The van der Waals surface area contributed by atoms with Gasteiger partial charge in [0.15, 0.2) is 109 Å². The Morgan fingerprint density at radius 1 is 0.185 bits per heavy atom. The molecule has 0 aromatic heterocycles. The van der Waals surface area contributed by atoms with Crippen molar-refractivity contribution in [3.8, 4) is 206 Å². The molecule has 0 bridgehead atoms. The van der Waals surface area contributed by atoms with Gasteiger partial charge >= 0.3 is 0 Å². The molecule has 9 aromatic rings. The zero-order valence-corrected chi connectivity index (χ0v) is 39.1. The van der Waals surface area contributed by atoms with Gasteiger partial charge in [-0.3, -0.25) is 4.90 Å². The fourth-order valence-electron chi connectivity index (χ4n) is 10.1. The monoisotopic (exact) mass is 1130 g/mol. The summed E-state index contributed by atoms with van der Waals surface area (Å²) in [6.45, 7) is 0. The van der Waals surface area contributed by atoms with Crippen molar-refractivity contribution in [2.75, 3.05) is 10.6 Å². The van der Waals surface area contributed by atoms with Crippen molar-refractivity contribution >= 4 is 55.1 Å². The second-order valence-electron chi connectivity index (χ2n) is 17.9. The van der Waals surface area contributed by atoms with E-state index in [1.807, 2.05) is 0 Å². The second-order valence-corrected chi connectivity index (χ2v) is 17.9. The summed E-state index contributed by atoms with van der Waals surface area (Å²) in [5, 5.41) is 330. The molecule has 0 aliphatic carbocycles. The lowest BCUT2D eigenvalue weighted by Gasteiger charge is -2.37. The normalized spacial score (nSPS) is 12.2. The summed E-state index contributed by atoms with van der Waals surface area (Å²) in [7, 11) is 0. The first-order valence-electron chi connectivity index (χ1n) is 21.9. The summed E-state index contributed by atoms with van der Waals surface area (Å²) in [5.74, 6) is -50.1. The smallest absolute Gasteiger partial charge is 0.208 e. The van der Waals surface area contributed by atoms with Gasteiger partial charge < -0.3 is 159 Å². The average molecular weight is 1130 g/mol. The maximum atomic E-state index is 12.7. The molecule has 0 saturated carbocycles. The third-order valence-corrected chi connectivity index (χ3v) is 13.9. The number of rotatable bonds is 4. The molecule has 32 heteroatoms. The second kappa shape index (κ2) is 16.2. The molecule has 0 unspecified atom stereocenters. The Morgan fingerprint density at radius 2 is 0.420 bits per heavy atom. The third-order valence-electron chi connectivity index (χ3n) is 13.9. The fourth-order valence-corrected chi connectivity index (χ4v) is 10.1. The van der Waals surface area contributed by atoms with Crippen LogP contribution in [-0.2, 0) is 6.42 Å². The molecule has 32 nitrogen and oxygen atoms in total. The first-order valence-corrected chi connectivity index (χ1v) is 21.9. The largest absolute Gasteiger partial charge is 0.507 e. The Bertz CT molecular complexity index is 4430. The van der Waals surface area contributed by atoms with Crippen LogP contribution in [-0.4, -0.2) is 153 Å². The van der Waals surface area contributed by atoms with Crippen LogP contribution in [0.5, 0.6) is 172 Å². The molecule has 0 amide bonds. The van der Waals surface area contributed by atoms with Crippen LogP contribution in [0.3, 0.4) is 0 Å². The minimum absolute atomic E-state index is 0.0149. The maximum absolute atomic E-state index is 12.7.